The molecule has 1 amide bonds. The topological polar surface area (TPSA) is 86.5 Å². The van der Waals surface area contributed by atoms with E-state index in [1.54, 1.807) is 26.2 Å². The van der Waals surface area contributed by atoms with Crippen LogP contribution >= 0.6 is 0 Å². The minimum Gasteiger partial charge on any atom is -0.490 e. The number of allylic oxidation sites excluding steroid dienone is 1. The van der Waals surface area contributed by atoms with Crippen molar-refractivity contribution in [2.75, 3.05) is 24.8 Å². The van der Waals surface area contributed by atoms with E-state index in [2.05, 4.69) is 10.3 Å². The number of pyridine rings is 1. The minimum atomic E-state index is -0.634. The Morgan fingerprint density at radius 1 is 1.41 bits per heavy atom. The molecule has 0 fully saturated rings. The van der Waals surface area contributed by atoms with E-state index in [9.17, 15) is 9.18 Å². The molecule has 6 nitrogen and oxygen atoms in total. The summed E-state index contributed by atoms with van der Waals surface area (Å²) < 4.78 is 25.1. The van der Waals surface area contributed by atoms with Crippen molar-refractivity contribution in [2.45, 2.75) is 26.9 Å². The molecule has 0 aliphatic carbocycles. The van der Waals surface area contributed by atoms with E-state index >= 15 is 0 Å². The number of carbonyl (C=O) groups is 1. The molecule has 2 rings (SSSR count). The molecular formula is C20H24FN3O3. The number of amides is 1. The average Bonchev–Trinajstić information content (AvgIpc) is 2.64. The second-order valence-corrected chi connectivity index (χ2v) is 5.90. The van der Waals surface area contributed by atoms with E-state index in [-0.39, 0.29) is 22.8 Å². The van der Waals surface area contributed by atoms with Crippen molar-refractivity contribution >= 4 is 17.4 Å². The lowest BCUT2D eigenvalue weighted by atomic mass is 10.1. The van der Waals surface area contributed by atoms with Gasteiger partial charge in [0.15, 0.2) is 11.6 Å². The molecule has 0 aliphatic heterocycles. The van der Waals surface area contributed by atoms with Crippen LogP contribution in [0, 0.1) is 12.7 Å². The van der Waals surface area contributed by atoms with Crippen molar-refractivity contribution in [2.24, 2.45) is 0 Å². The Kier molecular flexibility index (Phi) is 7.31. The van der Waals surface area contributed by atoms with Crippen LogP contribution in [0.25, 0.3) is 0 Å². The summed E-state index contributed by atoms with van der Waals surface area (Å²) in [5.41, 5.74) is 7.48. The number of anilines is 2. The van der Waals surface area contributed by atoms with Gasteiger partial charge in [0, 0.05) is 7.11 Å². The Morgan fingerprint density at radius 3 is 2.89 bits per heavy atom. The molecule has 0 saturated carbocycles. The summed E-state index contributed by atoms with van der Waals surface area (Å²) in [6.45, 7) is 4.34. The van der Waals surface area contributed by atoms with Gasteiger partial charge in [-0.3, -0.25) is 4.79 Å². The zero-order chi connectivity index (χ0) is 19.8. The number of halogens is 1. The van der Waals surface area contributed by atoms with Crippen LogP contribution in [0.5, 0.6) is 5.75 Å². The van der Waals surface area contributed by atoms with Crippen LogP contribution in [-0.4, -0.2) is 24.6 Å². The summed E-state index contributed by atoms with van der Waals surface area (Å²) in [7, 11) is 1.55. The summed E-state index contributed by atoms with van der Waals surface area (Å²) in [4.78, 5) is 16.7. The predicted octanol–water partition coefficient (Wildman–Crippen LogP) is 3.86. The smallest absolute Gasteiger partial charge is 0.259 e. The summed E-state index contributed by atoms with van der Waals surface area (Å²) in [6, 6.07) is 6.20. The monoisotopic (exact) mass is 373 g/mol. The molecule has 1 aromatic carbocycles. The highest BCUT2D eigenvalue weighted by Gasteiger charge is 2.17. The molecule has 0 spiro atoms. The van der Waals surface area contributed by atoms with Crippen LogP contribution in [0.3, 0.4) is 0 Å². The molecular weight excluding hydrogens is 349 g/mol. The first kappa shape index (κ1) is 20.4. The number of nitrogens with two attached hydrogens (primary N) is 1. The molecule has 3 N–H and O–H groups in total. The lowest BCUT2D eigenvalue weighted by Gasteiger charge is -2.13. The number of nitrogen functional groups attached to an aromatic ring is 1. The van der Waals surface area contributed by atoms with E-state index in [1.807, 2.05) is 19.1 Å². The van der Waals surface area contributed by atoms with E-state index in [1.165, 1.54) is 12.1 Å². The lowest BCUT2D eigenvalue weighted by molar-refractivity contribution is 0.102. The van der Waals surface area contributed by atoms with Crippen LogP contribution in [0.4, 0.5) is 15.9 Å². The number of carbonyl (C=O) groups excluding carboxylic acids is 1. The molecule has 2 aromatic rings. The fourth-order valence-corrected chi connectivity index (χ4v) is 2.44. The minimum absolute atomic E-state index is 0.0153. The van der Waals surface area contributed by atoms with Crippen molar-refractivity contribution in [3.63, 3.8) is 0 Å². The summed E-state index contributed by atoms with van der Waals surface area (Å²) in [5.74, 6) is -1.04. The van der Waals surface area contributed by atoms with Crippen molar-refractivity contribution in [3.8, 4) is 5.75 Å². The van der Waals surface area contributed by atoms with E-state index in [0.717, 1.165) is 5.56 Å². The van der Waals surface area contributed by atoms with Gasteiger partial charge in [-0.1, -0.05) is 18.2 Å². The largest absolute Gasteiger partial charge is 0.490 e. The van der Waals surface area contributed by atoms with Crippen molar-refractivity contribution < 1.29 is 18.7 Å². The first-order chi connectivity index (χ1) is 13.0. The molecule has 27 heavy (non-hydrogen) atoms. The highest BCUT2D eigenvalue weighted by molar-refractivity contribution is 6.07. The van der Waals surface area contributed by atoms with Gasteiger partial charge in [0.05, 0.1) is 30.2 Å². The summed E-state index contributed by atoms with van der Waals surface area (Å²) in [6.07, 6.45) is 4.49. The Hall–Kier alpha value is -2.93. The van der Waals surface area contributed by atoms with Gasteiger partial charge in [0.1, 0.15) is 5.82 Å². The number of aromatic nitrogens is 1. The van der Waals surface area contributed by atoms with Crippen molar-refractivity contribution in [1.82, 2.24) is 4.98 Å². The second kappa shape index (κ2) is 9.68. The number of benzene rings is 1. The van der Waals surface area contributed by atoms with Crippen LogP contribution in [0.1, 0.15) is 35.0 Å². The normalized spacial score (nSPS) is 11.0. The summed E-state index contributed by atoms with van der Waals surface area (Å²) in [5, 5.41) is 2.53. The van der Waals surface area contributed by atoms with Crippen LogP contribution in [-0.2, 0) is 11.3 Å². The molecule has 1 heterocycles. The zero-order valence-electron chi connectivity index (χ0n) is 15.7. The molecule has 0 radical (unpaired) electrons. The van der Waals surface area contributed by atoms with Gasteiger partial charge in [-0.05, 0) is 44.0 Å². The first-order valence-electron chi connectivity index (χ1n) is 8.56. The number of hydrogen-bond acceptors (Lipinski definition) is 5. The average molecular weight is 373 g/mol. The van der Waals surface area contributed by atoms with E-state index < -0.39 is 11.7 Å². The third-order valence-electron chi connectivity index (χ3n) is 3.86. The van der Waals surface area contributed by atoms with Gasteiger partial charge >= 0.3 is 0 Å². The number of rotatable bonds is 8. The number of nitrogens with one attached hydrogen (secondary N) is 1. The van der Waals surface area contributed by atoms with Gasteiger partial charge in [0.2, 0.25) is 0 Å². The predicted molar refractivity (Wildman–Crippen MR) is 103 cm³/mol. The number of methoxy groups -OCH3 is 1. The van der Waals surface area contributed by atoms with E-state index in [4.69, 9.17) is 15.2 Å². The van der Waals surface area contributed by atoms with Gasteiger partial charge in [-0.15, -0.1) is 0 Å². The molecule has 1 aromatic heterocycles. The van der Waals surface area contributed by atoms with Crippen LogP contribution in [0.15, 0.2) is 36.4 Å². The Labute approximate surface area is 158 Å². The lowest BCUT2D eigenvalue weighted by Crippen LogP contribution is -2.17. The Balaban J connectivity index is 2.17. The number of aryl methyl sites for hydroxylation is 1. The summed E-state index contributed by atoms with van der Waals surface area (Å²) >= 11 is 0. The molecule has 0 aliphatic rings. The Morgan fingerprint density at radius 2 is 2.19 bits per heavy atom. The van der Waals surface area contributed by atoms with Gasteiger partial charge in [-0.25, -0.2) is 9.37 Å². The SMILES string of the molecule is CC=CCCOc1cccc(NC(=O)c2cc(C)c(COC)nc2N)c1F. The maximum Gasteiger partial charge on any atom is 0.259 e. The zero-order valence-corrected chi connectivity index (χ0v) is 15.7. The number of hydrogen-bond donors (Lipinski definition) is 2. The highest BCUT2D eigenvalue weighted by atomic mass is 19.1. The number of ether oxygens (including phenoxy) is 2. The van der Waals surface area contributed by atoms with Gasteiger partial charge < -0.3 is 20.5 Å². The third-order valence-corrected chi connectivity index (χ3v) is 3.86. The third kappa shape index (κ3) is 5.27. The molecule has 0 atom stereocenters. The van der Waals surface area contributed by atoms with Crippen molar-refractivity contribution in [1.29, 1.82) is 0 Å². The maximum absolute atomic E-state index is 14.6. The fourth-order valence-electron chi connectivity index (χ4n) is 2.44. The molecule has 0 unspecified atom stereocenters. The molecule has 0 bridgehead atoms. The van der Waals surface area contributed by atoms with Gasteiger partial charge in [0.25, 0.3) is 5.91 Å². The molecule has 144 valence electrons. The van der Waals surface area contributed by atoms with Crippen molar-refractivity contribution in [3.05, 3.63) is 59.1 Å². The first-order valence-corrected chi connectivity index (χ1v) is 8.56. The quantitative estimate of drug-likeness (QED) is 0.542. The Bertz CT molecular complexity index is 837. The van der Waals surface area contributed by atoms with Crippen LogP contribution in [0.2, 0.25) is 0 Å². The fraction of sp³-hybridized carbons (Fsp3) is 0.300. The standard InChI is InChI=1S/C20H24FN3O3/c1-4-5-6-10-27-17-9-7-8-15(18(17)21)24-20(25)14-11-13(2)16(12-26-3)23-19(14)22/h4-5,7-9,11H,6,10,12H2,1-3H3,(H2,22,23)(H,24,25). The molecule has 7 heteroatoms. The van der Waals surface area contributed by atoms with Crippen LogP contribution < -0.4 is 15.8 Å². The number of nitrogens with zero attached hydrogens (tertiary/aromatic N) is 1. The van der Waals surface area contributed by atoms with Gasteiger partial charge in [-0.2, -0.15) is 0 Å². The highest BCUT2D eigenvalue weighted by Crippen LogP contribution is 2.26. The molecule has 0 saturated heterocycles. The second-order valence-electron chi connectivity index (χ2n) is 5.90. The maximum atomic E-state index is 14.6. The van der Waals surface area contributed by atoms with E-state index in [0.29, 0.717) is 25.3 Å².